The molecule has 0 amide bonds. The van der Waals surface area contributed by atoms with Crippen LogP contribution in [0.25, 0.3) is 10.4 Å². The van der Waals surface area contributed by atoms with Crippen LogP contribution < -0.4 is 0 Å². The van der Waals surface area contributed by atoms with Gasteiger partial charge in [-0.05, 0) is 29.8 Å². The number of sulfonamides is 1. The maximum Gasteiger partial charge on any atom is 0.252 e. The third kappa shape index (κ3) is 2.86. The van der Waals surface area contributed by atoms with Crippen LogP contribution in [0.5, 0.6) is 0 Å². The van der Waals surface area contributed by atoms with Crippen molar-refractivity contribution in [3.05, 3.63) is 36.7 Å². The Balaban J connectivity index is 2.37. The van der Waals surface area contributed by atoms with Crippen LogP contribution in [0.15, 0.2) is 40.9 Å². The minimum Gasteiger partial charge on any atom is -0.265 e. The fourth-order valence-electron chi connectivity index (χ4n) is 1.82. The zero-order valence-electron chi connectivity index (χ0n) is 10.9. The predicted octanol–water partition coefficient (Wildman–Crippen LogP) is 2.84. The van der Waals surface area contributed by atoms with Crippen molar-refractivity contribution >= 4 is 21.4 Å². The van der Waals surface area contributed by atoms with Crippen LogP contribution in [0, 0.1) is 0 Å². The maximum atomic E-state index is 12.4. The van der Waals surface area contributed by atoms with Gasteiger partial charge in [0.1, 0.15) is 4.21 Å². The standard InChI is InChI=1S/C13H16N2O2S2/c1-3-15(4-2)19(16,17)13-6-5-12(18-13)11-7-9-14-10-8-11/h5-10H,3-4H2,1-2H3. The van der Waals surface area contributed by atoms with Crippen molar-refractivity contribution in [1.82, 2.24) is 9.29 Å². The van der Waals surface area contributed by atoms with E-state index in [1.807, 2.05) is 32.0 Å². The molecular weight excluding hydrogens is 280 g/mol. The van der Waals surface area contributed by atoms with Crippen LogP contribution in [0.3, 0.4) is 0 Å². The first-order valence-electron chi connectivity index (χ1n) is 6.10. The Morgan fingerprint density at radius 2 is 1.74 bits per heavy atom. The molecule has 0 fully saturated rings. The van der Waals surface area contributed by atoms with Crippen molar-refractivity contribution in [2.75, 3.05) is 13.1 Å². The summed E-state index contributed by atoms with van der Waals surface area (Å²) >= 11 is 1.29. The topological polar surface area (TPSA) is 50.3 Å². The zero-order chi connectivity index (χ0) is 13.9. The van der Waals surface area contributed by atoms with Gasteiger partial charge in [-0.3, -0.25) is 4.98 Å². The van der Waals surface area contributed by atoms with Crippen LogP contribution in [0.2, 0.25) is 0 Å². The normalized spacial score (nSPS) is 11.9. The van der Waals surface area contributed by atoms with Gasteiger partial charge in [0.2, 0.25) is 0 Å². The summed E-state index contributed by atoms with van der Waals surface area (Å²) < 4.78 is 26.6. The summed E-state index contributed by atoms with van der Waals surface area (Å²) in [5.41, 5.74) is 0.987. The summed E-state index contributed by atoms with van der Waals surface area (Å²) in [5.74, 6) is 0. The van der Waals surface area contributed by atoms with E-state index in [1.54, 1.807) is 18.5 Å². The lowest BCUT2D eigenvalue weighted by atomic mass is 10.2. The van der Waals surface area contributed by atoms with Gasteiger partial charge in [0.25, 0.3) is 10.0 Å². The molecule has 0 aliphatic heterocycles. The summed E-state index contributed by atoms with van der Waals surface area (Å²) in [6.07, 6.45) is 3.40. The smallest absolute Gasteiger partial charge is 0.252 e. The quantitative estimate of drug-likeness (QED) is 0.852. The molecule has 0 bridgehead atoms. The van der Waals surface area contributed by atoms with Crippen molar-refractivity contribution in [1.29, 1.82) is 0 Å². The molecule has 0 aliphatic rings. The van der Waals surface area contributed by atoms with Crippen molar-refractivity contribution < 1.29 is 8.42 Å². The Bertz CT molecular complexity index is 632. The third-order valence-corrected chi connectivity index (χ3v) is 6.50. The molecule has 19 heavy (non-hydrogen) atoms. The lowest BCUT2D eigenvalue weighted by Gasteiger charge is -2.16. The lowest BCUT2D eigenvalue weighted by Crippen LogP contribution is -2.29. The first-order chi connectivity index (χ1) is 9.09. The second kappa shape index (κ2) is 5.81. The van der Waals surface area contributed by atoms with E-state index < -0.39 is 10.0 Å². The average molecular weight is 296 g/mol. The van der Waals surface area contributed by atoms with Gasteiger partial charge in [-0.2, -0.15) is 4.31 Å². The van der Waals surface area contributed by atoms with E-state index in [9.17, 15) is 8.42 Å². The predicted molar refractivity (Wildman–Crippen MR) is 77.7 cm³/mol. The van der Waals surface area contributed by atoms with Gasteiger partial charge in [0.05, 0.1) is 0 Å². The van der Waals surface area contributed by atoms with E-state index in [2.05, 4.69) is 4.98 Å². The SMILES string of the molecule is CCN(CC)S(=O)(=O)c1ccc(-c2ccncc2)s1. The van der Waals surface area contributed by atoms with Crippen LogP contribution in [0.1, 0.15) is 13.8 Å². The summed E-state index contributed by atoms with van der Waals surface area (Å²) in [6, 6.07) is 7.27. The molecule has 2 heterocycles. The highest BCUT2D eigenvalue weighted by Gasteiger charge is 2.23. The Labute approximate surface area is 117 Å². The van der Waals surface area contributed by atoms with E-state index in [4.69, 9.17) is 0 Å². The lowest BCUT2D eigenvalue weighted by molar-refractivity contribution is 0.447. The Hall–Kier alpha value is -1.24. The molecule has 6 heteroatoms. The van der Waals surface area contributed by atoms with E-state index in [0.29, 0.717) is 17.3 Å². The highest BCUT2D eigenvalue weighted by atomic mass is 32.2. The fourth-order valence-corrected chi connectivity index (χ4v) is 4.74. The molecule has 0 radical (unpaired) electrons. The highest BCUT2D eigenvalue weighted by molar-refractivity contribution is 7.91. The van der Waals surface area contributed by atoms with Crippen molar-refractivity contribution in [2.45, 2.75) is 18.1 Å². The van der Waals surface area contributed by atoms with Gasteiger partial charge in [0.15, 0.2) is 0 Å². The Morgan fingerprint density at radius 1 is 1.11 bits per heavy atom. The molecule has 0 saturated carbocycles. The van der Waals surface area contributed by atoms with Gasteiger partial charge >= 0.3 is 0 Å². The van der Waals surface area contributed by atoms with Crippen LogP contribution in [0.4, 0.5) is 0 Å². The van der Waals surface area contributed by atoms with Crippen LogP contribution in [-0.4, -0.2) is 30.8 Å². The van der Waals surface area contributed by atoms with Gasteiger partial charge < -0.3 is 0 Å². The number of rotatable bonds is 5. The molecule has 2 aromatic heterocycles. The molecule has 102 valence electrons. The second-order valence-electron chi connectivity index (χ2n) is 3.94. The molecule has 0 aliphatic carbocycles. The van der Waals surface area contributed by atoms with E-state index in [1.165, 1.54) is 15.6 Å². The molecule has 2 aromatic rings. The maximum absolute atomic E-state index is 12.4. The van der Waals surface area contributed by atoms with Gasteiger partial charge in [0, 0.05) is 30.4 Å². The fraction of sp³-hybridized carbons (Fsp3) is 0.308. The van der Waals surface area contributed by atoms with Gasteiger partial charge in [-0.15, -0.1) is 11.3 Å². The number of hydrogen-bond acceptors (Lipinski definition) is 4. The first-order valence-corrected chi connectivity index (χ1v) is 8.35. The third-order valence-electron chi connectivity index (χ3n) is 2.85. The number of nitrogens with zero attached hydrogens (tertiary/aromatic N) is 2. The average Bonchev–Trinajstić information content (AvgIpc) is 2.91. The molecular formula is C13H16N2O2S2. The highest BCUT2D eigenvalue weighted by Crippen LogP contribution is 2.31. The van der Waals surface area contributed by atoms with Gasteiger partial charge in [-0.1, -0.05) is 13.8 Å². The minimum atomic E-state index is -3.35. The van der Waals surface area contributed by atoms with E-state index >= 15 is 0 Å². The molecule has 0 saturated heterocycles. The summed E-state index contributed by atoms with van der Waals surface area (Å²) in [6.45, 7) is 4.67. The van der Waals surface area contributed by atoms with Crippen molar-refractivity contribution in [3.8, 4) is 10.4 Å². The molecule has 0 atom stereocenters. The monoisotopic (exact) mass is 296 g/mol. The molecule has 0 aromatic carbocycles. The number of pyridine rings is 1. The second-order valence-corrected chi connectivity index (χ2v) is 7.19. The number of aromatic nitrogens is 1. The summed E-state index contributed by atoms with van der Waals surface area (Å²) in [7, 11) is -3.35. The molecule has 0 N–H and O–H groups in total. The first kappa shape index (κ1) is 14.2. The van der Waals surface area contributed by atoms with Crippen molar-refractivity contribution in [2.24, 2.45) is 0 Å². The molecule has 4 nitrogen and oxygen atoms in total. The molecule has 2 rings (SSSR count). The summed E-state index contributed by atoms with van der Waals surface area (Å²) in [5, 5.41) is 0. The van der Waals surface area contributed by atoms with Crippen molar-refractivity contribution in [3.63, 3.8) is 0 Å². The zero-order valence-corrected chi connectivity index (χ0v) is 12.5. The summed E-state index contributed by atoms with van der Waals surface area (Å²) in [4.78, 5) is 4.90. The number of hydrogen-bond donors (Lipinski definition) is 0. The minimum absolute atomic E-state index is 0.392. The van der Waals surface area contributed by atoms with E-state index in [-0.39, 0.29) is 0 Å². The van der Waals surface area contributed by atoms with Gasteiger partial charge in [-0.25, -0.2) is 8.42 Å². The van der Waals surface area contributed by atoms with E-state index in [0.717, 1.165) is 10.4 Å². The Kier molecular flexibility index (Phi) is 4.34. The van der Waals surface area contributed by atoms with Crippen LogP contribution in [-0.2, 0) is 10.0 Å². The Morgan fingerprint density at radius 3 is 2.32 bits per heavy atom. The number of thiophene rings is 1. The largest absolute Gasteiger partial charge is 0.265 e. The molecule has 0 unspecified atom stereocenters. The molecule has 0 spiro atoms. The van der Waals surface area contributed by atoms with Crippen LogP contribution >= 0.6 is 11.3 Å².